The zero-order valence-electron chi connectivity index (χ0n) is 16.9. The minimum absolute atomic E-state index is 0.274. The van der Waals surface area contributed by atoms with E-state index in [1.807, 2.05) is 30.3 Å². The lowest BCUT2D eigenvalue weighted by Gasteiger charge is -2.32. The summed E-state index contributed by atoms with van der Waals surface area (Å²) in [5.74, 6) is 0.973. The number of amides is 1. The van der Waals surface area contributed by atoms with Crippen molar-refractivity contribution >= 4 is 5.91 Å². The van der Waals surface area contributed by atoms with E-state index in [-0.39, 0.29) is 5.91 Å². The van der Waals surface area contributed by atoms with E-state index < -0.39 is 0 Å². The number of hydrogen-bond acceptors (Lipinski definition) is 2. The van der Waals surface area contributed by atoms with Crippen molar-refractivity contribution in [1.82, 2.24) is 9.80 Å². The second-order valence-corrected chi connectivity index (χ2v) is 8.49. The van der Waals surface area contributed by atoms with Crippen molar-refractivity contribution in [3.05, 3.63) is 71.3 Å². The lowest BCUT2D eigenvalue weighted by atomic mass is 9.89. The maximum atomic E-state index is 12.5. The van der Waals surface area contributed by atoms with E-state index in [0.717, 1.165) is 44.5 Å². The molecule has 0 spiro atoms. The number of nitrogens with zero attached hydrogens (tertiary/aromatic N) is 2. The third-order valence-electron chi connectivity index (χ3n) is 6.32. The van der Waals surface area contributed by atoms with Gasteiger partial charge in [-0.1, -0.05) is 54.6 Å². The number of piperidine rings is 1. The van der Waals surface area contributed by atoms with Gasteiger partial charge in [0.05, 0.1) is 6.42 Å². The summed E-state index contributed by atoms with van der Waals surface area (Å²) < 4.78 is 0. The van der Waals surface area contributed by atoms with Gasteiger partial charge < -0.3 is 4.90 Å². The summed E-state index contributed by atoms with van der Waals surface area (Å²) in [4.78, 5) is 17.1. The van der Waals surface area contributed by atoms with Gasteiger partial charge in [0, 0.05) is 19.6 Å². The fourth-order valence-corrected chi connectivity index (χ4v) is 4.58. The minimum atomic E-state index is 0.274. The van der Waals surface area contributed by atoms with Crippen LogP contribution >= 0.6 is 0 Å². The number of benzene rings is 2. The summed E-state index contributed by atoms with van der Waals surface area (Å²) in [5, 5.41) is 0. The van der Waals surface area contributed by atoms with Gasteiger partial charge in [-0.05, 0) is 67.8 Å². The van der Waals surface area contributed by atoms with Crippen molar-refractivity contribution in [2.45, 2.75) is 45.1 Å². The molecule has 3 heteroatoms. The fourth-order valence-electron chi connectivity index (χ4n) is 4.58. The van der Waals surface area contributed by atoms with E-state index in [4.69, 9.17) is 0 Å². The molecule has 0 unspecified atom stereocenters. The maximum Gasteiger partial charge on any atom is 0.226 e. The van der Waals surface area contributed by atoms with Crippen LogP contribution in [0.5, 0.6) is 0 Å². The molecule has 28 heavy (non-hydrogen) atoms. The van der Waals surface area contributed by atoms with Crippen LogP contribution in [-0.4, -0.2) is 41.9 Å². The first-order valence-corrected chi connectivity index (χ1v) is 10.9. The third-order valence-corrected chi connectivity index (χ3v) is 6.32. The van der Waals surface area contributed by atoms with Crippen molar-refractivity contribution < 1.29 is 4.79 Å². The zero-order valence-corrected chi connectivity index (χ0v) is 16.9. The molecule has 0 radical (unpaired) electrons. The fraction of sp³-hybridized carbons (Fsp3) is 0.480. The average molecular weight is 377 g/mol. The summed E-state index contributed by atoms with van der Waals surface area (Å²) in [5.41, 5.74) is 4.00. The molecule has 148 valence electrons. The summed E-state index contributed by atoms with van der Waals surface area (Å²) in [6.45, 7) is 5.42. The van der Waals surface area contributed by atoms with Crippen molar-refractivity contribution in [1.29, 1.82) is 0 Å². The molecule has 2 aliphatic heterocycles. The van der Waals surface area contributed by atoms with Gasteiger partial charge in [0.25, 0.3) is 0 Å². The van der Waals surface area contributed by atoms with E-state index >= 15 is 0 Å². The van der Waals surface area contributed by atoms with Gasteiger partial charge in [0.15, 0.2) is 0 Å². The highest BCUT2D eigenvalue weighted by Gasteiger charge is 2.23. The first-order valence-electron chi connectivity index (χ1n) is 10.9. The van der Waals surface area contributed by atoms with Crippen molar-refractivity contribution in [3.8, 4) is 0 Å². The molecule has 3 nitrogen and oxygen atoms in total. The molecular formula is C25H32N2O. The molecule has 0 atom stereocenters. The molecule has 0 bridgehead atoms. The van der Waals surface area contributed by atoms with Crippen LogP contribution in [0, 0.1) is 5.92 Å². The topological polar surface area (TPSA) is 23.6 Å². The van der Waals surface area contributed by atoms with Crippen LogP contribution in [0.25, 0.3) is 0 Å². The van der Waals surface area contributed by atoms with Crippen LogP contribution in [0.15, 0.2) is 54.6 Å². The second-order valence-electron chi connectivity index (χ2n) is 8.49. The Bertz CT molecular complexity index is 742. The Morgan fingerprint density at radius 3 is 2.11 bits per heavy atom. The monoisotopic (exact) mass is 376 g/mol. The van der Waals surface area contributed by atoms with Gasteiger partial charge in [-0.3, -0.25) is 9.69 Å². The minimum Gasteiger partial charge on any atom is -0.342 e. The van der Waals surface area contributed by atoms with E-state index in [1.165, 1.54) is 37.1 Å². The summed E-state index contributed by atoms with van der Waals surface area (Å²) in [6, 6.07) is 19.3. The summed E-state index contributed by atoms with van der Waals surface area (Å²) >= 11 is 0. The predicted molar refractivity (Wildman–Crippen MR) is 114 cm³/mol. The molecule has 2 aliphatic rings. The molecule has 2 aromatic carbocycles. The van der Waals surface area contributed by atoms with Crippen molar-refractivity contribution in [2.24, 2.45) is 5.92 Å². The Kier molecular flexibility index (Phi) is 6.43. The van der Waals surface area contributed by atoms with Crippen LogP contribution in [0.3, 0.4) is 0 Å². The molecule has 2 aromatic rings. The van der Waals surface area contributed by atoms with Crippen LogP contribution in [0.2, 0.25) is 0 Å². The average Bonchev–Trinajstić information content (AvgIpc) is 3.24. The normalized spacial score (nSPS) is 18.5. The van der Waals surface area contributed by atoms with E-state index in [0.29, 0.717) is 12.3 Å². The molecule has 0 saturated carbocycles. The van der Waals surface area contributed by atoms with Gasteiger partial charge >= 0.3 is 0 Å². The molecule has 1 amide bonds. The standard InChI is InChI=1S/C25H32N2O/c28-25(19-21-6-2-1-3-7-21)27-16-12-23(13-17-27)18-22-8-10-24(11-9-22)20-26-14-4-5-15-26/h1-3,6-11,23H,4-5,12-20H2. The number of hydrogen-bond donors (Lipinski definition) is 0. The van der Waals surface area contributed by atoms with Gasteiger partial charge in [-0.15, -0.1) is 0 Å². The molecular weight excluding hydrogens is 344 g/mol. The van der Waals surface area contributed by atoms with Crippen LogP contribution in [0.1, 0.15) is 42.4 Å². The first-order chi connectivity index (χ1) is 13.8. The quantitative estimate of drug-likeness (QED) is 0.750. The Labute approximate surface area is 169 Å². The summed E-state index contributed by atoms with van der Waals surface area (Å²) in [7, 11) is 0. The molecule has 2 heterocycles. The van der Waals surface area contributed by atoms with Crippen LogP contribution in [0.4, 0.5) is 0 Å². The number of carbonyl (C=O) groups excluding carboxylic acids is 1. The smallest absolute Gasteiger partial charge is 0.226 e. The molecule has 2 saturated heterocycles. The highest BCUT2D eigenvalue weighted by molar-refractivity contribution is 5.78. The largest absolute Gasteiger partial charge is 0.342 e. The molecule has 0 aromatic heterocycles. The Balaban J connectivity index is 1.22. The SMILES string of the molecule is O=C(Cc1ccccc1)N1CCC(Cc2ccc(CN3CCCC3)cc2)CC1. The number of carbonyl (C=O) groups is 1. The van der Waals surface area contributed by atoms with E-state index in [9.17, 15) is 4.79 Å². The second kappa shape index (κ2) is 9.38. The maximum absolute atomic E-state index is 12.5. The lowest BCUT2D eigenvalue weighted by molar-refractivity contribution is -0.131. The van der Waals surface area contributed by atoms with Crippen molar-refractivity contribution in [3.63, 3.8) is 0 Å². The Hall–Kier alpha value is -2.13. The van der Waals surface area contributed by atoms with Gasteiger partial charge in [0.1, 0.15) is 0 Å². The first kappa shape index (κ1) is 19.2. The Morgan fingerprint density at radius 2 is 1.43 bits per heavy atom. The third kappa shape index (κ3) is 5.23. The zero-order chi connectivity index (χ0) is 19.2. The number of likely N-dealkylation sites (tertiary alicyclic amines) is 2. The highest BCUT2D eigenvalue weighted by Crippen LogP contribution is 2.23. The number of rotatable bonds is 6. The van der Waals surface area contributed by atoms with Crippen LogP contribution < -0.4 is 0 Å². The highest BCUT2D eigenvalue weighted by atomic mass is 16.2. The van der Waals surface area contributed by atoms with Crippen LogP contribution in [-0.2, 0) is 24.2 Å². The molecule has 4 rings (SSSR count). The van der Waals surface area contributed by atoms with Gasteiger partial charge in [-0.25, -0.2) is 0 Å². The molecule has 0 aliphatic carbocycles. The van der Waals surface area contributed by atoms with Crippen molar-refractivity contribution in [2.75, 3.05) is 26.2 Å². The lowest BCUT2D eigenvalue weighted by Crippen LogP contribution is -2.39. The Morgan fingerprint density at radius 1 is 0.786 bits per heavy atom. The van der Waals surface area contributed by atoms with Gasteiger partial charge in [-0.2, -0.15) is 0 Å². The summed E-state index contributed by atoms with van der Waals surface area (Å²) in [6.07, 6.45) is 6.62. The van der Waals surface area contributed by atoms with E-state index in [2.05, 4.69) is 34.1 Å². The molecule has 0 N–H and O–H groups in total. The molecule has 2 fully saturated rings. The predicted octanol–water partition coefficient (Wildman–Crippen LogP) is 4.31. The van der Waals surface area contributed by atoms with E-state index in [1.54, 1.807) is 0 Å². The van der Waals surface area contributed by atoms with Gasteiger partial charge in [0.2, 0.25) is 5.91 Å².